The van der Waals surface area contributed by atoms with Gasteiger partial charge in [0.1, 0.15) is 11.2 Å². The molecule has 84 heavy (non-hydrogen) atoms. The molecular weight excluding hydrogens is 1130 g/mol. The quantitative estimate of drug-likeness (QED) is 0.0313. The standard InChI is InChI=1S/C53H76N8O22S/c62-47-7-8-48(63)61(47)83-49(64)9-15-71-17-19-73-21-23-75-25-27-77-29-31-79-33-35-81-37-38-82-36-34-80-32-30-78-28-26-76-24-22-74-20-18-72-16-14-59-41-46(56-57-59)42-3-1-4-43(39-42)54-51(66)58-12-10-53(11-13-58)50(65)60(52(67)55-53)44-5-2-6-45(40-44)84(68,69)70/h1-6,39-41H,7-38H2,(H,54,66)(H,55,67)(H,68,69,70). The minimum Gasteiger partial charge on any atom is -0.378 e. The van der Waals surface area contributed by atoms with Crippen molar-refractivity contribution in [1.29, 1.82) is 0 Å². The van der Waals surface area contributed by atoms with Crippen molar-refractivity contribution in [3.05, 3.63) is 54.7 Å². The lowest BCUT2D eigenvalue weighted by atomic mass is 9.87. The van der Waals surface area contributed by atoms with Crippen LogP contribution in [-0.4, -0.2) is 251 Å². The summed E-state index contributed by atoms with van der Waals surface area (Å²) in [5.41, 5.74) is 0.578. The third-order valence-electron chi connectivity index (χ3n) is 12.6. The Morgan fingerprint density at radius 1 is 0.595 bits per heavy atom. The number of nitrogens with zero attached hydrogens (tertiary/aromatic N) is 6. The van der Waals surface area contributed by atoms with Crippen molar-refractivity contribution in [2.75, 3.05) is 182 Å². The molecule has 3 N–H and O–H groups in total. The summed E-state index contributed by atoms with van der Waals surface area (Å²) in [6.07, 6.45) is 2.05. The first-order valence-corrected chi connectivity index (χ1v) is 29.1. The van der Waals surface area contributed by atoms with Gasteiger partial charge in [-0.25, -0.2) is 24.0 Å². The first kappa shape index (κ1) is 67.0. The van der Waals surface area contributed by atoms with Crippen LogP contribution in [0.4, 0.5) is 21.0 Å². The van der Waals surface area contributed by atoms with E-state index in [1.54, 1.807) is 34.0 Å². The van der Waals surface area contributed by atoms with Crippen LogP contribution in [0, 0.1) is 0 Å². The fraction of sp³-hybridized carbons (Fsp3) is 0.623. The minimum atomic E-state index is -4.56. The smallest absolute Gasteiger partial charge is 0.335 e. The first-order valence-electron chi connectivity index (χ1n) is 27.6. The zero-order chi connectivity index (χ0) is 59.7. The van der Waals surface area contributed by atoms with Gasteiger partial charge in [0.05, 0.1) is 188 Å². The Labute approximate surface area is 486 Å². The minimum absolute atomic E-state index is 0.00140. The van der Waals surface area contributed by atoms with E-state index in [4.69, 9.17) is 61.7 Å². The van der Waals surface area contributed by atoms with Crippen LogP contribution in [0.25, 0.3) is 11.3 Å². The molecule has 1 aromatic heterocycles. The fourth-order valence-corrected chi connectivity index (χ4v) is 8.73. The van der Waals surface area contributed by atoms with E-state index in [0.29, 0.717) is 168 Å². The van der Waals surface area contributed by atoms with Crippen molar-refractivity contribution < 1.29 is 103 Å². The number of likely N-dealkylation sites (tertiary alicyclic amines) is 1. The predicted octanol–water partition coefficient (Wildman–Crippen LogP) is 1.51. The lowest BCUT2D eigenvalue weighted by molar-refractivity contribution is -0.198. The Kier molecular flexibility index (Phi) is 29.7. The molecule has 0 unspecified atom stereocenters. The Bertz CT molecular complexity index is 2610. The molecule has 3 aliphatic rings. The molecule has 0 bridgehead atoms. The van der Waals surface area contributed by atoms with Crippen LogP contribution >= 0.6 is 0 Å². The topological polar surface area (TPSA) is 341 Å². The van der Waals surface area contributed by atoms with Crippen molar-refractivity contribution in [2.24, 2.45) is 0 Å². The number of hydrogen-bond donors (Lipinski definition) is 3. The molecule has 30 nitrogen and oxygen atoms in total. The molecule has 3 aliphatic heterocycles. The molecule has 0 saturated carbocycles. The van der Waals surface area contributed by atoms with E-state index in [1.807, 2.05) is 6.07 Å². The summed E-state index contributed by atoms with van der Waals surface area (Å²) >= 11 is 0. The maximum absolute atomic E-state index is 13.5. The monoisotopic (exact) mass is 1210 g/mol. The number of nitrogens with one attached hydrogen (secondary N) is 2. The lowest BCUT2D eigenvalue weighted by Gasteiger charge is -2.37. The molecule has 0 radical (unpaired) electrons. The average Bonchev–Trinajstić information content (AvgIpc) is 2.94. The van der Waals surface area contributed by atoms with Crippen molar-refractivity contribution >= 4 is 57.2 Å². The number of amides is 7. The number of rotatable bonds is 44. The number of urea groups is 2. The second-order valence-corrected chi connectivity index (χ2v) is 20.1. The molecule has 3 fully saturated rings. The molecule has 6 rings (SSSR count). The second-order valence-electron chi connectivity index (χ2n) is 18.6. The molecule has 31 heteroatoms. The van der Waals surface area contributed by atoms with Crippen molar-refractivity contribution in [3.8, 4) is 11.3 Å². The van der Waals surface area contributed by atoms with Crippen molar-refractivity contribution in [1.82, 2.24) is 30.3 Å². The second kappa shape index (κ2) is 37.3. The van der Waals surface area contributed by atoms with E-state index < -0.39 is 50.3 Å². The Hall–Kier alpha value is -6.17. The number of carbonyl (C=O) groups excluding carboxylic acids is 6. The van der Waals surface area contributed by atoms with Gasteiger partial charge < -0.3 is 77.2 Å². The highest BCUT2D eigenvalue weighted by Gasteiger charge is 2.53. The van der Waals surface area contributed by atoms with E-state index in [9.17, 15) is 41.7 Å². The summed E-state index contributed by atoms with van der Waals surface area (Å²) in [7, 11) is -4.56. The number of anilines is 2. The van der Waals surface area contributed by atoms with Crippen LogP contribution in [-0.2, 0) is 97.5 Å². The molecule has 7 amide bonds. The molecule has 466 valence electrons. The van der Waals surface area contributed by atoms with Gasteiger partial charge in [0.2, 0.25) is 0 Å². The fourth-order valence-electron chi connectivity index (χ4n) is 8.21. The third kappa shape index (κ3) is 23.7. The van der Waals surface area contributed by atoms with Crippen LogP contribution in [0.5, 0.6) is 0 Å². The zero-order valence-corrected chi connectivity index (χ0v) is 47.8. The van der Waals surface area contributed by atoms with E-state index in [0.717, 1.165) is 22.6 Å². The Balaban J connectivity index is 0.639. The highest BCUT2D eigenvalue weighted by atomic mass is 32.2. The predicted molar refractivity (Wildman–Crippen MR) is 292 cm³/mol. The van der Waals surface area contributed by atoms with Gasteiger partial charge in [0.15, 0.2) is 0 Å². The Morgan fingerprint density at radius 3 is 1.52 bits per heavy atom. The highest BCUT2D eigenvalue weighted by Crippen LogP contribution is 2.34. The van der Waals surface area contributed by atoms with Gasteiger partial charge in [0, 0.05) is 37.2 Å². The molecule has 0 aliphatic carbocycles. The number of hydrogen-bond acceptors (Lipinski definition) is 23. The largest absolute Gasteiger partial charge is 0.378 e. The summed E-state index contributed by atoms with van der Waals surface area (Å²) in [6.45, 7) is 10.3. The van der Waals surface area contributed by atoms with Gasteiger partial charge in [-0.2, -0.15) is 8.42 Å². The van der Waals surface area contributed by atoms with Gasteiger partial charge >= 0.3 is 18.0 Å². The normalized spacial score (nSPS) is 15.2. The first-order chi connectivity index (χ1) is 40.8. The van der Waals surface area contributed by atoms with Crippen LogP contribution in [0.1, 0.15) is 32.1 Å². The number of aromatic nitrogens is 3. The number of imide groups is 2. The van der Waals surface area contributed by atoms with E-state index in [1.165, 1.54) is 12.1 Å². The number of ether oxygens (including phenoxy) is 12. The summed E-state index contributed by atoms with van der Waals surface area (Å²) in [6, 6.07) is 10.9. The number of piperidine rings is 1. The van der Waals surface area contributed by atoms with Crippen LogP contribution < -0.4 is 15.5 Å². The average molecular weight is 1210 g/mol. The van der Waals surface area contributed by atoms with E-state index in [2.05, 4.69) is 20.9 Å². The molecular formula is C53H76N8O22S. The molecule has 0 atom stereocenters. The van der Waals surface area contributed by atoms with Crippen LogP contribution in [0.2, 0.25) is 0 Å². The molecule has 4 heterocycles. The SMILES string of the molecule is O=C(CCOCCOCCOCCOCCOCCOCCOCCOCCOCCOCCOCCOCCn1cc(-c2cccc(NC(=O)N3CCC4(CC3)NC(=O)N(c3cccc(S(=O)(=O)O)c3)C4=O)c2)nn1)ON1C(=O)CCC1=O. The maximum Gasteiger partial charge on any atom is 0.335 e. The molecule has 1 spiro atoms. The lowest BCUT2D eigenvalue weighted by Crippen LogP contribution is -2.56. The number of benzene rings is 2. The maximum atomic E-state index is 13.5. The Morgan fingerprint density at radius 2 is 1.05 bits per heavy atom. The molecule has 3 saturated heterocycles. The summed E-state index contributed by atoms with van der Waals surface area (Å²) in [4.78, 5) is 81.0. The summed E-state index contributed by atoms with van der Waals surface area (Å²) in [5.74, 6) is -2.32. The van der Waals surface area contributed by atoms with Gasteiger partial charge in [-0.15, -0.1) is 10.2 Å². The third-order valence-corrected chi connectivity index (χ3v) is 13.4. The van der Waals surface area contributed by atoms with E-state index >= 15 is 0 Å². The van der Waals surface area contributed by atoms with E-state index in [-0.39, 0.29) is 70.1 Å². The number of hydroxylamine groups is 2. The number of carbonyl (C=O) groups is 6. The highest BCUT2D eigenvalue weighted by molar-refractivity contribution is 7.85. The zero-order valence-electron chi connectivity index (χ0n) is 46.9. The van der Waals surface area contributed by atoms with Gasteiger partial charge in [-0.1, -0.05) is 23.4 Å². The summed E-state index contributed by atoms with van der Waals surface area (Å²) < 4.78 is 100. The van der Waals surface area contributed by atoms with Crippen LogP contribution in [0.3, 0.4) is 0 Å². The van der Waals surface area contributed by atoms with Crippen LogP contribution in [0.15, 0.2) is 59.6 Å². The van der Waals surface area contributed by atoms with Gasteiger partial charge in [0.25, 0.3) is 27.8 Å². The summed E-state index contributed by atoms with van der Waals surface area (Å²) in [5, 5.41) is 14.6. The van der Waals surface area contributed by atoms with Gasteiger partial charge in [-0.3, -0.25) is 18.9 Å². The van der Waals surface area contributed by atoms with Gasteiger partial charge in [-0.05, 0) is 43.2 Å². The molecule has 2 aromatic carbocycles. The molecule has 3 aromatic rings. The van der Waals surface area contributed by atoms with Crippen molar-refractivity contribution in [3.63, 3.8) is 0 Å². The van der Waals surface area contributed by atoms with Crippen molar-refractivity contribution in [2.45, 2.75) is 49.1 Å².